The molecule has 0 unspecified atom stereocenters. The van der Waals surface area contributed by atoms with Gasteiger partial charge in [0.1, 0.15) is 7.34 Å². The first kappa shape index (κ1) is 16.7. The van der Waals surface area contributed by atoms with Crippen molar-refractivity contribution < 1.29 is 9.79 Å². The molecule has 3 nitrogen and oxygen atoms in total. The average molecular weight is 347 g/mol. The van der Waals surface area contributed by atoms with Crippen LogP contribution in [0.2, 0.25) is 0 Å². The predicted molar refractivity (Wildman–Crippen MR) is 101 cm³/mol. The molecule has 2 aromatic rings. The van der Waals surface area contributed by atoms with Gasteiger partial charge in [-0.15, -0.1) is 0 Å². The van der Waals surface area contributed by atoms with Crippen molar-refractivity contribution in [2.24, 2.45) is 0 Å². The minimum Gasteiger partial charge on any atom is -0.353 e. The molecule has 23 heavy (non-hydrogen) atoms. The number of para-hydroxylation sites is 2. The van der Waals surface area contributed by atoms with Crippen LogP contribution in [0.4, 0.5) is 11.4 Å². The molecule has 5 heteroatoms. The van der Waals surface area contributed by atoms with Crippen LogP contribution in [-0.2, 0) is 6.42 Å². The third kappa shape index (κ3) is 4.42. The van der Waals surface area contributed by atoms with E-state index in [2.05, 4.69) is 54.1 Å². The summed E-state index contributed by atoms with van der Waals surface area (Å²) in [6.45, 7) is 0. The maximum absolute atomic E-state index is 9.33. The van der Waals surface area contributed by atoms with E-state index in [0.29, 0.717) is 6.16 Å². The summed E-state index contributed by atoms with van der Waals surface area (Å²) in [5.74, 6) is 0. The van der Waals surface area contributed by atoms with Crippen LogP contribution in [0.3, 0.4) is 0 Å². The van der Waals surface area contributed by atoms with E-state index in [0.717, 1.165) is 25.7 Å². The Balaban J connectivity index is 1.63. The normalized spacial score (nSPS) is 13.1. The van der Waals surface area contributed by atoms with Gasteiger partial charge >= 0.3 is 0 Å². The molecule has 0 saturated heterocycles. The molecule has 122 valence electrons. The van der Waals surface area contributed by atoms with Crippen LogP contribution in [0.5, 0.6) is 0 Å². The van der Waals surface area contributed by atoms with E-state index in [-0.39, 0.29) is 0 Å². The SMILES string of the molecule is C=P(O)(O)CCCCCc1cccc2c1Nc1ccccc1S2. The smallest absolute Gasteiger partial charge is 0.111 e. The van der Waals surface area contributed by atoms with Crippen LogP contribution in [0.15, 0.2) is 52.3 Å². The number of nitrogens with one attached hydrogen (secondary N) is 1. The Hall–Kier alpha value is -1.19. The molecule has 1 aliphatic heterocycles. The highest BCUT2D eigenvalue weighted by molar-refractivity contribution is 7.99. The number of fused-ring (bicyclic) bond motifs is 2. The van der Waals surface area contributed by atoms with Crippen LogP contribution < -0.4 is 5.32 Å². The Morgan fingerprint density at radius 1 is 0.957 bits per heavy atom. The van der Waals surface area contributed by atoms with Crippen LogP contribution in [0.1, 0.15) is 24.8 Å². The third-order valence-electron chi connectivity index (χ3n) is 3.94. The molecule has 0 radical (unpaired) electrons. The number of rotatable bonds is 6. The van der Waals surface area contributed by atoms with Gasteiger partial charge in [-0.05, 0) is 43.0 Å². The third-order valence-corrected chi connectivity index (χ3v) is 6.11. The van der Waals surface area contributed by atoms with Crippen LogP contribution in [-0.4, -0.2) is 22.2 Å². The molecule has 0 bridgehead atoms. The predicted octanol–water partition coefficient (Wildman–Crippen LogP) is 4.87. The molecule has 0 saturated carbocycles. The number of aryl methyl sites for hydroxylation is 1. The lowest BCUT2D eigenvalue weighted by Gasteiger charge is -2.23. The van der Waals surface area contributed by atoms with Crippen molar-refractivity contribution >= 4 is 36.8 Å². The van der Waals surface area contributed by atoms with Gasteiger partial charge in [-0.3, -0.25) is 0 Å². The van der Waals surface area contributed by atoms with Gasteiger partial charge in [-0.1, -0.05) is 48.7 Å². The Bertz CT molecular complexity index is 742. The zero-order valence-electron chi connectivity index (χ0n) is 13.0. The summed E-state index contributed by atoms with van der Waals surface area (Å²) in [4.78, 5) is 21.2. The van der Waals surface area contributed by atoms with Gasteiger partial charge in [0.25, 0.3) is 0 Å². The van der Waals surface area contributed by atoms with Gasteiger partial charge in [0.15, 0.2) is 0 Å². The topological polar surface area (TPSA) is 52.5 Å². The Labute approximate surface area is 141 Å². The number of benzene rings is 2. The van der Waals surface area contributed by atoms with E-state index >= 15 is 0 Å². The summed E-state index contributed by atoms with van der Waals surface area (Å²) < 4.78 is 0. The van der Waals surface area contributed by atoms with Crippen molar-refractivity contribution in [3.63, 3.8) is 0 Å². The number of hydrogen-bond acceptors (Lipinski definition) is 4. The summed E-state index contributed by atoms with van der Waals surface area (Å²) in [6, 6.07) is 14.8. The molecule has 0 aliphatic carbocycles. The monoisotopic (exact) mass is 347 g/mol. The minimum atomic E-state index is -2.85. The van der Waals surface area contributed by atoms with E-state index in [1.807, 2.05) is 11.8 Å². The number of unbranched alkanes of at least 4 members (excludes halogenated alkanes) is 2. The lowest BCUT2D eigenvalue weighted by molar-refractivity contribution is 0.472. The fraction of sp³-hybridized carbons (Fsp3) is 0.278. The van der Waals surface area contributed by atoms with E-state index < -0.39 is 7.34 Å². The lowest BCUT2D eigenvalue weighted by Crippen LogP contribution is -2.03. The van der Waals surface area contributed by atoms with E-state index in [1.165, 1.54) is 26.7 Å². The fourth-order valence-electron chi connectivity index (χ4n) is 2.78. The molecule has 0 aromatic heterocycles. The largest absolute Gasteiger partial charge is 0.353 e. The van der Waals surface area contributed by atoms with Gasteiger partial charge < -0.3 is 15.1 Å². The standard InChI is InChI=1S/C18H22NO2PS/c1-22(20,21)13-6-2-3-8-14-9-7-12-17-18(14)19-15-10-4-5-11-16(15)23-17/h4-5,7,9-12,19-21H,1-3,6,8,13H2. The maximum Gasteiger partial charge on any atom is 0.111 e. The number of anilines is 2. The Kier molecular flexibility index (Phi) is 5.17. The van der Waals surface area contributed by atoms with Crippen molar-refractivity contribution in [2.45, 2.75) is 35.5 Å². The first-order valence-electron chi connectivity index (χ1n) is 7.87. The minimum absolute atomic E-state index is 0.432. The summed E-state index contributed by atoms with van der Waals surface area (Å²) in [6.07, 6.45) is 7.71. The summed E-state index contributed by atoms with van der Waals surface area (Å²) >= 11 is 1.81. The Morgan fingerprint density at radius 2 is 1.74 bits per heavy atom. The molecule has 0 amide bonds. The summed E-state index contributed by atoms with van der Waals surface area (Å²) in [5.41, 5.74) is 3.72. The van der Waals surface area contributed by atoms with Gasteiger partial charge in [0.05, 0.1) is 11.4 Å². The lowest BCUT2D eigenvalue weighted by atomic mass is 10.0. The highest BCUT2D eigenvalue weighted by Crippen LogP contribution is 2.45. The number of hydrogen-bond donors (Lipinski definition) is 3. The van der Waals surface area contributed by atoms with Gasteiger partial charge in [0.2, 0.25) is 0 Å². The zero-order valence-corrected chi connectivity index (χ0v) is 14.7. The molecule has 3 N–H and O–H groups in total. The molecule has 2 aromatic carbocycles. The van der Waals surface area contributed by atoms with Crippen molar-refractivity contribution in [1.29, 1.82) is 0 Å². The first-order chi connectivity index (χ1) is 11.0. The molecule has 0 spiro atoms. The molecule has 0 fully saturated rings. The van der Waals surface area contributed by atoms with Crippen LogP contribution >= 0.6 is 19.1 Å². The highest BCUT2D eigenvalue weighted by Gasteiger charge is 2.17. The van der Waals surface area contributed by atoms with E-state index in [4.69, 9.17) is 0 Å². The highest BCUT2D eigenvalue weighted by atomic mass is 32.2. The summed E-state index contributed by atoms with van der Waals surface area (Å²) in [5, 5.41) is 3.57. The van der Waals surface area contributed by atoms with Gasteiger partial charge in [-0.2, -0.15) is 0 Å². The summed E-state index contributed by atoms with van der Waals surface area (Å²) in [7, 11) is -2.85. The van der Waals surface area contributed by atoms with Crippen molar-refractivity contribution in [3.05, 3.63) is 48.0 Å². The van der Waals surface area contributed by atoms with Crippen molar-refractivity contribution in [3.8, 4) is 0 Å². The molecule has 3 rings (SSSR count). The second kappa shape index (κ2) is 7.14. The van der Waals surface area contributed by atoms with Crippen molar-refractivity contribution in [1.82, 2.24) is 0 Å². The fourth-order valence-corrected chi connectivity index (χ4v) is 4.55. The van der Waals surface area contributed by atoms with Crippen molar-refractivity contribution in [2.75, 3.05) is 11.5 Å². The Morgan fingerprint density at radius 3 is 2.57 bits per heavy atom. The van der Waals surface area contributed by atoms with E-state index in [9.17, 15) is 9.79 Å². The van der Waals surface area contributed by atoms with Crippen LogP contribution in [0, 0.1) is 0 Å². The molecule has 0 atom stereocenters. The second-order valence-electron chi connectivity index (χ2n) is 5.93. The van der Waals surface area contributed by atoms with Gasteiger partial charge in [-0.25, -0.2) is 0 Å². The molecule has 1 aliphatic rings. The first-order valence-corrected chi connectivity index (χ1v) is 10.7. The second-order valence-corrected chi connectivity index (χ2v) is 9.21. The molecular weight excluding hydrogens is 325 g/mol. The maximum atomic E-state index is 9.33. The zero-order chi connectivity index (χ0) is 16.3. The molecule has 1 heterocycles. The van der Waals surface area contributed by atoms with E-state index in [1.54, 1.807) is 0 Å². The molecular formula is C18H22NO2PS. The quantitative estimate of drug-likeness (QED) is 0.440. The van der Waals surface area contributed by atoms with Crippen LogP contribution in [0.25, 0.3) is 0 Å². The average Bonchev–Trinajstić information content (AvgIpc) is 2.52. The van der Waals surface area contributed by atoms with Gasteiger partial charge in [0, 0.05) is 16.0 Å².